The lowest BCUT2D eigenvalue weighted by Gasteiger charge is -2.26. The summed E-state index contributed by atoms with van der Waals surface area (Å²) in [6.07, 6.45) is 0. The van der Waals surface area contributed by atoms with Crippen molar-refractivity contribution < 1.29 is 4.42 Å². The Kier molecular flexibility index (Phi) is 7.14. The smallest absolute Gasteiger partial charge is 0.227 e. The van der Waals surface area contributed by atoms with Gasteiger partial charge in [0.05, 0.1) is 0 Å². The first kappa shape index (κ1) is 29.9. The summed E-state index contributed by atoms with van der Waals surface area (Å²) in [5, 5.41) is 6.84. The van der Waals surface area contributed by atoms with Crippen LogP contribution in [0.2, 0.25) is 0 Å². The third-order valence-electron chi connectivity index (χ3n) is 10.1. The van der Waals surface area contributed by atoms with Gasteiger partial charge in [-0.1, -0.05) is 146 Å². The third kappa shape index (κ3) is 5.10. The SMILES string of the molecule is c1ccc(-c2ccc(N(c3ccc(-c4ccccc4)cc3)c3ccc4c(ccc5c6nc(-c7ccccc7)oc6c6ccccc6c45)c3)cc2)cc1. The summed E-state index contributed by atoms with van der Waals surface area (Å²) in [6, 6.07) is 68.7. The van der Waals surface area contributed by atoms with Crippen LogP contribution in [0.1, 0.15) is 0 Å². The Balaban J connectivity index is 1.14. The third-order valence-corrected chi connectivity index (χ3v) is 10.1. The van der Waals surface area contributed by atoms with Crippen LogP contribution in [0.25, 0.3) is 77.1 Å². The molecule has 3 heteroatoms. The number of nitrogens with zero attached hydrogens (tertiary/aromatic N) is 2. The van der Waals surface area contributed by atoms with Gasteiger partial charge in [0.25, 0.3) is 0 Å². The number of hydrogen-bond acceptors (Lipinski definition) is 3. The van der Waals surface area contributed by atoms with Crippen LogP contribution in [0, 0.1) is 0 Å². The van der Waals surface area contributed by atoms with Gasteiger partial charge < -0.3 is 9.32 Å². The van der Waals surface area contributed by atoms with Gasteiger partial charge in [-0.05, 0) is 92.3 Å². The molecule has 0 amide bonds. The maximum absolute atomic E-state index is 6.49. The number of fused-ring (bicyclic) bond motifs is 8. The molecule has 10 rings (SSSR count). The molecule has 0 spiro atoms. The fraction of sp³-hybridized carbons (Fsp3) is 0. The molecular formula is C49H32N2O. The number of oxazole rings is 1. The molecule has 9 aromatic carbocycles. The van der Waals surface area contributed by atoms with E-state index in [2.05, 4.69) is 169 Å². The highest BCUT2D eigenvalue weighted by molar-refractivity contribution is 6.30. The Hall–Kier alpha value is -6.97. The van der Waals surface area contributed by atoms with E-state index in [1.165, 1.54) is 33.0 Å². The van der Waals surface area contributed by atoms with E-state index < -0.39 is 0 Å². The Morgan fingerprint density at radius 1 is 0.365 bits per heavy atom. The second-order valence-corrected chi connectivity index (χ2v) is 13.2. The van der Waals surface area contributed by atoms with Gasteiger partial charge in [-0.2, -0.15) is 0 Å². The monoisotopic (exact) mass is 664 g/mol. The second kappa shape index (κ2) is 12.4. The molecule has 0 saturated heterocycles. The summed E-state index contributed by atoms with van der Waals surface area (Å²) in [4.78, 5) is 7.42. The van der Waals surface area contributed by atoms with Crippen LogP contribution in [0.15, 0.2) is 199 Å². The first-order valence-corrected chi connectivity index (χ1v) is 17.6. The van der Waals surface area contributed by atoms with Crippen molar-refractivity contribution in [2.75, 3.05) is 4.90 Å². The molecule has 0 saturated carbocycles. The molecule has 0 aliphatic heterocycles. The molecule has 3 nitrogen and oxygen atoms in total. The van der Waals surface area contributed by atoms with E-state index in [0.29, 0.717) is 5.89 Å². The maximum Gasteiger partial charge on any atom is 0.227 e. The standard InChI is InChI=1S/C49H32N2O/c1-4-12-33(13-5-1)35-20-25-39(26-21-35)51(40-27-22-36(23-28-40)34-14-6-2-7-15-34)41-29-31-42-38(32-41)24-30-45-46(42)43-18-10-11-19-44(43)48-47(45)50-49(52-48)37-16-8-3-9-17-37/h1-32H. The van der Waals surface area contributed by atoms with Crippen molar-refractivity contribution in [3.8, 4) is 33.7 Å². The number of hydrogen-bond donors (Lipinski definition) is 0. The van der Waals surface area contributed by atoms with Gasteiger partial charge in [0.1, 0.15) is 5.52 Å². The van der Waals surface area contributed by atoms with Gasteiger partial charge >= 0.3 is 0 Å². The fourth-order valence-electron chi connectivity index (χ4n) is 7.55. The second-order valence-electron chi connectivity index (χ2n) is 13.2. The topological polar surface area (TPSA) is 29.3 Å². The fourth-order valence-corrected chi connectivity index (χ4v) is 7.55. The molecule has 52 heavy (non-hydrogen) atoms. The molecule has 0 unspecified atom stereocenters. The van der Waals surface area contributed by atoms with Crippen molar-refractivity contribution >= 4 is 60.5 Å². The summed E-state index contributed by atoms with van der Waals surface area (Å²) in [5.41, 5.74) is 10.7. The summed E-state index contributed by atoms with van der Waals surface area (Å²) < 4.78 is 6.49. The first-order chi connectivity index (χ1) is 25.8. The lowest BCUT2D eigenvalue weighted by molar-refractivity contribution is 0.623. The van der Waals surface area contributed by atoms with Crippen LogP contribution in [0.3, 0.4) is 0 Å². The summed E-state index contributed by atoms with van der Waals surface area (Å²) in [5.74, 6) is 0.635. The van der Waals surface area contributed by atoms with Gasteiger partial charge in [0.15, 0.2) is 5.58 Å². The van der Waals surface area contributed by atoms with Crippen molar-refractivity contribution in [3.05, 3.63) is 194 Å². The molecule has 0 aliphatic carbocycles. The lowest BCUT2D eigenvalue weighted by Crippen LogP contribution is -2.09. The van der Waals surface area contributed by atoms with Gasteiger partial charge in [-0.25, -0.2) is 4.98 Å². The molecule has 0 atom stereocenters. The maximum atomic E-state index is 6.49. The molecule has 0 aliphatic rings. The van der Waals surface area contributed by atoms with Gasteiger partial charge in [-0.3, -0.25) is 0 Å². The van der Waals surface area contributed by atoms with Gasteiger partial charge in [-0.15, -0.1) is 0 Å². The molecule has 10 aromatic rings. The van der Waals surface area contributed by atoms with Crippen molar-refractivity contribution in [2.45, 2.75) is 0 Å². The summed E-state index contributed by atoms with van der Waals surface area (Å²) in [7, 11) is 0. The average Bonchev–Trinajstić information content (AvgIpc) is 3.69. The molecule has 0 radical (unpaired) electrons. The zero-order valence-electron chi connectivity index (χ0n) is 28.3. The van der Waals surface area contributed by atoms with E-state index >= 15 is 0 Å². The van der Waals surface area contributed by atoms with Crippen molar-refractivity contribution in [1.29, 1.82) is 0 Å². The average molecular weight is 665 g/mol. The Bertz CT molecular complexity index is 2780. The zero-order chi connectivity index (χ0) is 34.4. The molecule has 244 valence electrons. The molecule has 1 aromatic heterocycles. The highest BCUT2D eigenvalue weighted by atomic mass is 16.3. The Morgan fingerprint density at radius 3 is 1.44 bits per heavy atom. The summed E-state index contributed by atoms with van der Waals surface area (Å²) in [6.45, 7) is 0. The van der Waals surface area contributed by atoms with Crippen molar-refractivity contribution in [1.82, 2.24) is 4.98 Å². The van der Waals surface area contributed by atoms with Crippen LogP contribution in [0.4, 0.5) is 17.1 Å². The Labute approximate surface area is 301 Å². The normalized spacial score (nSPS) is 11.5. The number of rotatable bonds is 6. The van der Waals surface area contributed by atoms with Crippen LogP contribution in [-0.4, -0.2) is 4.98 Å². The first-order valence-electron chi connectivity index (χ1n) is 17.6. The number of anilines is 3. The zero-order valence-corrected chi connectivity index (χ0v) is 28.3. The van der Waals surface area contributed by atoms with Gasteiger partial charge in [0.2, 0.25) is 5.89 Å². The van der Waals surface area contributed by atoms with E-state index in [1.807, 2.05) is 30.3 Å². The highest BCUT2D eigenvalue weighted by Crippen LogP contribution is 2.43. The van der Waals surface area contributed by atoms with E-state index in [0.717, 1.165) is 55.3 Å². The predicted molar refractivity (Wildman–Crippen MR) is 218 cm³/mol. The molecule has 0 N–H and O–H groups in total. The minimum Gasteiger partial charge on any atom is -0.435 e. The number of aromatic nitrogens is 1. The summed E-state index contributed by atoms with van der Waals surface area (Å²) >= 11 is 0. The van der Waals surface area contributed by atoms with E-state index in [-0.39, 0.29) is 0 Å². The van der Waals surface area contributed by atoms with E-state index in [1.54, 1.807) is 0 Å². The van der Waals surface area contributed by atoms with Crippen molar-refractivity contribution in [3.63, 3.8) is 0 Å². The van der Waals surface area contributed by atoms with Gasteiger partial charge in [0, 0.05) is 33.4 Å². The van der Waals surface area contributed by atoms with Crippen LogP contribution < -0.4 is 4.90 Å². The quantitative estimate of drug-likeness (QED) is 0.166. The molecule has 0 fully saturated rings. The largest absolute Gasteiger partial charge is 0.435 e. The predicted octanol–water partition coefficient (Wildman–Crippen LogP) is 13.8. The minimum absolute atomic E-state index is 0.635. The molecule has 0 bridgehead atoms. The lowest BCUT2D eigenvalue weighted by atomic mass is 9.95. The van der Waals surface area contributed by atoms with Crippen LogP contribution in [-0.2, 0) is 0 Å². The van der Waals surface area contributed by atoms with E-state index in [4.69, 9.17) is 9.40 Å². The highest BCUT2D eigenvalue weighted by Gasteiger charge is 2.19. The van der Waals surface area contributed by atoms with Crippen LogP contribution >= 0.6 is 0 Å². The van der Waals surface area contributed by atoms with E-state index in [9.17, 15) is 0 Å². The minimum atomic E-state index is 0.635. The number of benzene rings is 9. The Morgan fingerprint density at radius 2 is 0.846 bits per heavy atom. The molecule has 1 heterocycles. The molecular weight excluding hydrogens is 633 g/mol. The van der Waals surface area contributed by atoms with Crippen molar-refractivity contribution in [2.24, 2.45) is 0 Å². The van der Waals surface area contributed by atoms with Crippen LogP contribution in [0.5, 0.6) is 0 Å².